The molecule has 0 spiro atoms. The highest BCUT2D eigenvalue weighted by Crippen LogP contribution is 2.15. The molecule has 1 aromatic carbocycles. The molecule has 0 radical (unpaired) electrons. The van der Waals surface area contributed by atoms with Crippen LogP contribution in [0.1, 0.15) is 20.8 Å². The highest BCUT2D eigenvalue weighted by atomic mass is 32.2. The Morgan fingerprint density at radius 2 is 1.76 bits per heavy atom. The molecule has 0 unspecified atom stereocenters. The van der Waals surface area contributed by atoms with Crippen LogP contribution in [-0.4, -0.2) is 44.9 Å². The first-order chi connectivity index (χ1) is 9.80. The summed E-state index contributed by atoms with van der Waals surface area (Å²) in [6.45, 7) is 7.20. The summed E-state index contributed by atoms with van der Waals surface area (Å²) in [7, 11) is -1.84. The largest absolute Gasteiger partial charge is 0.329 e. The molecule has 6 heteroatoms. The Balaban J connectivity index is 2.72. The lowest BCUT2D eigenvalue weighted by Crippen LogP contribution is -2.47. The van der Waals surface area contributed by atoms with Crippen LogP contribution < -0.4 is 11.1 Å². The molecule has 0 aromatic heterocycles. The maximum absolute atomic E-state index is 12.5. The van der Waals surface area contributed by atoms with Gasteiger partial charge in [-0.2, -0.15) is 4.31 Å². The zero-order valence-corrected chi connectivity index (χ0v) is 14.1. The summed E-state index contributed by atoms with van der Waals surface area (Å²) in [4.78, 5) is 0.318. The van der Waals surface area contributed by atoms with Gasteiger partial charge in [-0.25, -0.2) is 8.42 Å². The van der Waals surface area contributed by atoms with Crippen molar-refractivity contribution in [3.63, 3.8) is 0 Å². The smallest absolute Gasteiger partial charge is 0.243 e. The molecule has 1 rings (SSSR count). The number of sulfonamides is 1. The standard InChI is InChI=1S/C15H27N3O2S/c1-12(2)15(10-16)17-11-13(3)18(4)21(19,20)14-8-6-5-7-9-14/h5-9,12-13,15,17H,10-11,16H2,1-4H3/t13-,15-/m0/s1. The van der Waals surface area contributed by atoms with Gasteiger partial charge < -0.3 is 11.1 Å². The van der Waals surface area contributed by atoms with Gasteiger partial charge in [0.15, 0.2) is 0 Å². The lowest BCUT2D eigenvalue weighted by Gasteiger charge is -2.28. The fraction of sp³-hybridized carbons (Fsp3) is 0.600. The van der Waals surface area contributed by atoms with Crippen LogP contribution in [0.3, 0.4) is 0 Å². The third-order valence-corrected chi connectivity index (χ3v) is 5.76. The normalized spacial score (nSPS) is 15.4. The average Bonchev–Trinajstić information content (AvgIpc) is 2.47. The van der Waals surface area contributed by atoms with Crippen molar-refractivity contribution in [2.45, 2.75) is 37.8 Å². The Kier molecular flexibility index (Phi) is 6.80. The molecule has 120 valence electrons. The lowest BCUT2D eigenvalue weighted by atomic mass is 10.0. The summed E-state index contributed by atoms with van der Waals surface area (Å²) in [6.07, 6.45) is 0. The first-order valence-electron chi connectivity index (χ1n) is 7.27. The van der Waals surface area contributed by atoms with Crippen LogP contribution in [-0.2, 0) is 10.0 Å². The summed E-state index contributed by atoms with van der Waals surface area (Å²) in [5, 5.41) is 3.34. The molecular weight excluding hydrogens is 286 g/mol. The van der Waals surface area contributed by atoms with Crippen LogP contribution in [0.2, 0.25) is 0 Å². The highest BCUT2D eigenvalue weighted by Gasteiger charge is 2.25. The molecule has 2 atom stereocenters. The Morgan fingerprint density at radius 1 is 1.19 bits per heavy atom. The minimum absolute atomic E-state index is 0.150. The van der Waals surface area contributed by atoms with Gasteiger partial charge >= 0.3 is 0 Å². The van der Waals surface area contributed by atoms with Crippen LogP contribution in [0.15, 0.2) is 35.2 Å². The van der Waals surface area contributed by atoms with Gasteiger partial charge in [0, 0.05) is 32.2 Å². The number of nitrogens with two attached hydrogens (primary N) is 1. The van der Waals surface area contributed by atoms with Crippen molar-refractivity contribution in [2.75, 3.05) is 20.1 Å². The van der Waals surface area contributed by atoms with Gasteiger partial charge in [0.2, 0.25) is 10.0 Å². The first-order valence-corrected chi connectivity index (χ1v) is 8.71. The molecule has 5 nitrogen and oxygen atoms in total. The van der Waals surface area contributed by atoms with E-state index in [1.807, 2.05) is 6.92 Å². The third-order valence-electron chi connectivity index (χ3n) is 3.78. The molecule has 0 saturated heterocycles. The summed E-state index contributed by atoms with van der Waals surface area (Å²) in [5.74, 6) is 0.415. The topological polar surface area (TPSA) is 75.4 Å². The molecule has 0 saturated carbocycles. The first kappa shape index (κ1) is 18.1. The van der Waals surface area contributed by atoms with Gasteiger partial charge in [0.25, 0.3) is 0 Å². The molecule has 21 heavy (non-hydrogen) atoms. The van der Waals surface area contributed by atoms with Crippen LogP contribution >= 0.6 is 0 Å². The maximum Gasteiger partial charge on any atom is 0.243 e. The van der Waals surface area contributed by atoms with E-state index in [9.17, 15) is 8.42 Å². The van der Waals surface area contributed by atoms with Gasteiger partial charge in [0.05, 0.1) is 4.90 Å². The zero-order valence-electron chi connectivity index (χ0n) is 13.3. The van der Waals surface area contributed by atoms with E-state index in [1.165, 1.54) is 4.31 Å². The molecule has 0 fully saturated rings. The average molecular weight is 313 g/mol. The molecule has 0 heterocycles. The van der Waals surface area contributed by atoms with E-state index in [4.69, 9.17) is 5.73 Å². The van der Waals surface area contributed by atoms with E-state index in [1.54, 1.807) is 37.4 Å². The second kappa shape index (κ2) is 7.89. The minimum atomic E-state index is -3.45. The molecular formula is C15H27N3O2S. The van der Waals surface area contributed by atoms with Crippen molar-refractivity contribution in [2.24, 2.45) is 11.7 Å². The summed E-state index contributed by atoms with van der Waals surface area (Å²) in [5.41, 5.74) is 5.72. The monoisotopic (exact) mass is 313 g/mol. The SMILES string of the molecule is CC(C)[C@H](CN)NC[C@H](C)N(C)S(=O)(=O)c1ccccc1. The Bertz CT molecular complexity index is 517. The van der Waals surface area contributed by atoms with Crippen molar-refractivity contribution in [1.82, 2.24) is 9.62 Å². The quantitative estimate of drug-likeness (QED) is 0.758. The zero-order chi connectivity index (χ0) is 16.0. The van der Waals surface area contributed by atoms with Crippen molar-refractivity contribution >= 4 is 10.0 Å². The fourth-order valence-corrected chi connectivity index (χ4v) is 3.42. The predicted octanol–water partition coefficient (Wildman–Crippen LogP) is 1.27. The number of rotatable bonds is 8. The number of nitrogens with zero attached hydrogens (tertiary/aromatic N) is 1. The second-order valence-corrected chi connectivity index (χ2v) is 7.68. The predicted molar refractivity (Wildman–Crippen MR) is 86.5 cm³/mol. The molecule has 0 aliphatic rings. The number of benzene rings is 1. The Morgan fingerprint density at radius 3 is 2.24 bits per heavy atom. The Hall–Kier alpha value is -0.950. The summed E-state index contributed by atoms with van der Waals surface area (Å²) < 4.78 is 26.4. The lowest BCUT2D eigenvalue weighted by molar-refractivity contribution is 0.331. The number of hydrogen-bond donors (Lipinski definition) is 2. The van der Waals surface area contributed by atoms with Gasteiger partial charge in [-0.05, 0) is 25.0 Å². The van der Waals surface area contributed by atoms with Crippen LogP contribution in [0.5, 0.6) is 0 Å². The van der Waals surface area contributed by atoms with Gasteiger partial charge in [-0.15, -0.1) is 0 Å². The van der Waals surface area contributed by atoms with Crippen molar-refractivity contribution in [1.29, 1.82) is 0 Å². The van der Waals surface area contributed by atoms with E-state index in [0.717, 1.165) is 0 Å². The van der Waals surface area contributed by atoms with Gasteiger partial charge in [0.1, 0.15) is 0 Å². The molecule has 0 bridgehead atoms. The third kappa shape index (κ3) is 4.78. The van der Waals surface area contributed by atoms with Crippen molar-refractivity contribution < 1.29 is 8.42 Å². The number of hydrogen-bond acceptors (Lipinski definition) is 4. The maximum atomic E-state index is 12.5. The summed E-state index contributed by atoms with van der Waals surface area (Å²) >= 11 is 0. The molecule has 0 aliphatic carbocycles. The van der Waals surface area contributed by atoms with Crippen molar-refractivity contribution in [3.8, 4) is 0 Å². The Labute approximate surface area is 128 Å². The molecule has 0 aliphatic heterocycles. The fourth-order valence-electron chi connectivity index (χ4n) is 2.04. The minimum Gasteiger partial charge on any atom is -0.329 e. The van der Waals surface area contributed by atoms with E-state index >= 15 is 0 Å². The summed E-state index contributed by atoms with van der Waals surface area (Å²) in [6, 6.07) is 8.53. The second-order valence-electron chi connectivity index (χ2n) is 5.68. The van der Waals surface area contributed by atoms with Gasteiger partial charge in [-0.1, -0.05) is 32.0 Å². The van der Waals surface area contributed by atoms with E-state index in [0.29, 0.717) is 23.9 Å². The van der Waals surface area contributed by atoms with Crippen LogP contribution in [0, 0.1) is 5.92 Å². The van der Waals surface area contributed by atoms with Gasteiger partial charge in [-0.3, -0.25) is 0 Å². The molecule has 3 N–H and O–H groups in total. The highest BCUT2D eigenvalue weighted by molar-refractivity contribution is 7.89. The molecule has 0 amide bonds. The van der Waals surface area contributed by atoms with Crippen molar-refractivity contribution in [3.05, 3.63) is 30.3 Å². The van der Waals surface area contributed by atoms with E-state index < -0.39 is 10.0 Å². The molecule has 1 aromatic rings. The number of nitrogens with one attached hydrogen (secondary N) is 1. The van der Waals surface area contributed by atoms with E-state index in [-0.39, 0.29) is 12.1 Å². The van der Waals surface area contributed by atoms with E-state index in [2.05, 4.69) is 19.2 Å². The van der Waals surface area contributed by atoms with Crippen LogP contribution in [0.25, 0.3) is 0 Å². The number of likely N-dealkylation sites (N-methyl/N-ethyl adjacent to an activating group) is 1. The van der Waals surface area contributed by atoms with Crippen LogP contribution in [0.4, 0.5) is 0 Å².